The monoisotopic (exact) mass is 704 g/mol. The van der Waals surface area contributed by atoms with Crippen molar-refractivity contribution in [1.29, 1.82) is 0 Å². The van der Waals surface area contributed by atoms with Gasteiger partial charge in [0.25, 0.3) is 5.91 Å². The predicted molar refractivity (Wildman–Crippen MR) is 176 cm³/mol. The van der Waals surface area contributed by atoms with Gasteiger partial charge in [0.1, 0.15) is 6.04 Å². The second-order valence-electron chi connectivity index (χ2n) is 12.9. The van der Waals surface area contributed by atoms with Gasteiger partial charge in [0.05, 0.1) is 6.04 Å². The van der Waals surface area contributed by atoms with Crippen molar-refractivity contribution in [3.05, 3.63) is 70.7 Å². The van der Waals surface area contributed by atoms with Crippen LogP contribution in [0, 0.1) is 11.3 Å². The van der Waals surface area contributed by atoms with Gasteiger partial charge in [-0.3, -0.25) is 19.2 Å². The minimum absolute atomic E-state index is 0.00986. The highest BCUT2D eigenvalue weighted by Gasteiger charge is 2.47. The zero-order valence-corrected chi connectivity index (χ0v) is 28.5. The minimum Gasteiger partial charge on any atom is -0.450 e. The van der Waals surface area contributed by atoms with E-state index in [0.29, 0.717) is 13.0 Å². The van der Waals surface area contributed by atoms with Crippen LogP contribution in [0.2, 0.25) is 5.02 Å². The molecule has 4 amide bonds. The van der Waals surface area contributed by atoms with Gasteiger partial charge in [-0.1, -0.05) is 67.4 Å². The number of amides is 4. The molecule has 2 aromatic carbocycles. The molecule has 0 bridgehead atoms. The fourth-order valence-electron chi connectivity index (χ4n) is 6.29. The van der Waals surface area contributed by atoms with Crippen molar-refractivity contribution in [1.82, 2.24) is 21.3 Å². The summed E-state index contributed by atoms with van der Waals surface area (Å²) in [4.78, 5) is 65.1. The third-order valence-corrected chi connectivity index (χ3v) is 9.26. The molecule has 49 heavy (non-hydrogen) atoms. The SMILES string of the molecule is CCNC(=O)C(OC(C)=O)[C@H](C[C@@H]1CCNC1=O)NC(=O)C(CC1(C)CCC1)NC(=O)OC(c1ccccc1)C(F)(F)c1cccc(Cl)c1. The van der Waals surface area contributed by atoms with E-state index < -0.39 is 65.6 Å². The number of carbonyl (C=O) groups is 5. The van der Waals surface area contributed by atoms with Gasteiger partial charge in [-0.25, -0.2) is 4.79 Å². The molecule has 14 heteroatoms. The summed E-state index contributed by atoms with van der Waals surface area (Å²) in [5.74, 6) is -6.79. The molecule has 5 atom stereocenters. The third-order valence-electron chi connectivity index (χ3n) is 9.03. The van der Waals surface area contributed by atoms with Gasteiger partial charge < -0.3 is 30.7 Å². The van der Waals surface area contributed by atoms with Crippen LogP contribution in [0.1, 0.15) is 76.5 Å². The number of nitrogens with one attached hydrogen (secondary N) is 4. The zero-order valence-electron chi connectivity index (χ0n) is 27.7. The fraction of sp³-hybridized carbons (Fsp3) is 0.514. The number of halogens is 3. The lowest BCUT2D eigenvalue weighted by Gasteiger charge is -2.41. The van der Waals surface area contributed by atoms with Crippen LogP contribution < -0.4 is 21.3 Å². The number of alkyl carbamates (subject to hydrolysis) is 1. The number of benzene rings is 2. The Labute approximate surface area is 289 Å². The Morgan fingerprint density at radius 2 is 1.76 bits per heavy atom. The van der Waals surface area contributed by atoms with Crippen LogP contribution in [0.4, 0.5) is 13.6 Å². The van der Waals surface area contributed by atoms with E-state index in [2.05, 4.69) is 21.3 Å². The largest absolute Gasteiger partial charge is 0.450 e. The average Bonchev–Trinajstić information content (AvgIpc) is 3.45. The summed E-state index contributed by atoms with van der Waals surface area (Å²) < 4.78 is 42.9. The Bertz CT molecular complexity index is 1510. The van der Waals surface area contributed by atoms with E-state index >= 15 is 8.78 Å². The first-order chi connectivity index (χ1) is 23.2. The maximum Gasteiger partial charge on any atom is 0.408 e. The van der Waals surface area contributed by atoms with Crippen molar-refractivity contribution in [2.45, 2.75) is 89.5 Å². The first-order valence-corrected chi connectivity index (χ1v) is 16.8. The standard InChI is InChI=1S/C35H43ClF2N4O7/c1-4-39-32(46)28(48-21(2)43)26(18-23-14-17-40-30(23)44)41-31(45)27(20-34(3)15-9-16-34)42-33(47)49-29(22-10-6-5-7-11-22)35(37,38)24-12-8-13-25(36)19-24/h5-8,10-13,19,23,26-29H,4,9,14-18,20H2,1-3H3,(H,39,46)(H,40,44)(H,41,45)(H,42,47)/t23-,26-,27?,28?,29?/m0/s1. The van der Waals surface area contributed by atoms with Gasteiger partial charge in [-0.2, -0.15) is 8.78 Å². The number of carbonyl (C=O) groups excluding carboxylic acids is 5. The fourth-order valence-corrected chi connectivity index (χ4v) is 6.48. The Balaban J connectivity index is 1.62. The van der Waals surface area contributed by atoms with E-state index in [0.717, 1.165) is 32.3 Å². The van der Waals surface area contributed by atoms with Crippen LogP contribution in [-0.4, -0.2) is 61.1 Å². The lowest BCUT2D eigenvalue weighted by Crippen LogP contribution is -2.58. The molecule has 2 aromatic rings. The molecule has 2 fully saturated rings. The highest BCUT2D eigenvalue weighted by atomic mass is 35.5. The first-order valence-electron chi connectivity index (χ1n) is 16.4. The summed E-state index contributed by atoms with van der Waals surface area (Å²) in [6.45, 7) is 5.34. The maximum absolute atomic E-state index is 16.1. The van der Waals surface area contributed by atoms with Gasteiger partial charge in [-0.15, -0.1) is 0 Å². The molecule has 3 unspecified atom stereocenters. The normalized spacial score (nSPS) is 19.2. The van der Waals surface area contributed by atoms with Gasteiger partial charge in [0.2, 0.25) is 11.8 Å². The van der Waals surface area contributed by atoms with Crippen LogP contribution in [0.3, 0.4) is 0 Å². The van der Waals surface area contributed by atoms with Crippen molar-refractivity contribution < 1.29 is 42.2 Å². The van der Waals surface area contributed by atoms with Crippen LogP contribution in [0.15, 0.2) is 54.6 Å². The molecule has 266 valence electrons. The van der Waals surface area contributed by atoms with Crippen molar-refractivity contribution in [2.24, 2.45) is 11.3 Å². The number of esters is 1. The van der Waals surface area contributed by atoms with Crippen LogP contribution in [-0.2, 0) is 34.6 Å². The molecule has 1 saturated carbocycles. The summed E-state index contributed by atoms with van der Waals surface area (Å²) in [7, 11) is 0. The molecule has 4 N–H and O–H groups in total. The molecule has 0 radical (unpaired) electrons. The van der Waals surface area contributed by atoms with Crippen molar-refractivity contribution in [2.75, 3.05) is 13.1 Å². The highest BCUT2D eigenvalue weighted by Crippen LogP contribution is 2.45. The molecule has 2 aliphatic rings. The quantitative estimate of drug-likeness (QED) is 0.192. The Morgan fingerprint density at radius 1 is 1.04 bits per heavy atom. The number of hydrogen-bond acceptors (Lipinski definition) is 7. The molecule has 0 aromatic heterocycles. The van der Waals surface area contributed by atoms with Gasteiger partial charge in [0, 0.05) is 36.5 Å². The van der Waals surface area contributed by atoms with Gasteiger partial charge >= 0.3 is 18.0 Å². The third kappa shape index (κ3) is 9.90. The van der Waals surface area contributed by atoms with E-state index in [9.17, 15) is 24.0 Å². The zero-order chi connectivity index (χ0) is 35.8. The second kappa shape index (κ2) is 16.4. The van der Waals surface area contributed by atoms with Crippen LogP contribution in [0.25, 0.3) is 0 Å². The Kier molecular flexibility index (Phi) is 12.6. The summed E-state index contributed by atoms with van der Waals surface area (Å²) in [5, 5.41) is 10.6. The minimum atomic E-state index is -3.72. The Morgan fingerprint density at radius 3 is 2.33 bits per heavy atom. The second-order valence-corrected chi connectivity index (χ2v) is 13.4. The van der Waals surface area contributed by atoms with Gasteiger partial charge in [-0.05, 0) is 62.1 Å². The molecule has 1 heterocycles. The first kappa shape index (κ1) is 37.6. The smallest absolute Gasteiger partial charge is 0.408 e. The number of rotatable bonds is 15. The Hall–Kier alpha value is -4.26. The van der Waals surface area contributed by atoms with Crippen molar-refractivity contribution >= 4 is 41.4 Å². The molecule has 4 rings (SSSR count). The van der Waals surface area contributed by atoms with E-state index in [-0.39, 0.29) is 41.3 Å². The molecule has 1 aliphatic heterocycles. The number of alkyl halides is 2. The summed E-state index contributed by atoms with van der Waals surface area (Å²) in [6, 6.07) is 10.1. The van der Waals surface area contributed by atoms with Crippen molar-refractivity contribution in [3.63, 3.8) is 0 Å². The van der Waals surface area contributed by atoms with Crippen molar-refractivity contribution in [3.8, 4) is 0 Å². The molecule has 0 spiro atoms. The lowest BCUT2D eigenvalue weighted by atomic mass is 9.67. The highest BCUT2D eigenvalue weighted by molar-refractivity contribution is 6.30. The van der Waals surface area contributed by atoms with Crippen LogP contribution >= 0.6 is 11.6 Å². The molecular formula is C35H43ClF2N4O7. The van der Waals surface area contributed by atoms with Gasteiger partial charge in [0.15, 0.2) is 12.2 Å². The van der Waals surface area contributed by atoms with E-state index in [1.54, 1.807) is 13.0 Å². The van der Waals surface area contributed by atoms with E-state index in [1.165, 1.54) is 42.5 Å². The topological polar surface area (TPSA) is 152 Å². The molecule has 11 nitrogen and oxygen atoms in total. The lowest BCUT2D eigenvalue weighted by molar-refractivity contribution is -0.157. The van der Waals surface area contributed by atoms with E-state index in [4.69, 9.17) is 21.1 Å². The summed E-state index contributed by atoms with van der Waals surface area (Å²) in [6.07, 6.45) is -1.90. The summed E-state index contributed by atoms with van der Waals surface area (Å²) in [5.41, 5.74) is -0.816. The molecule has 1 aliphatic carbocycles. The molecule has 1 saturated heterocycles. The number of likely N-dealkylation sites (N-methyl/N-ethyl adjacent to an activating group) is 1. The molecular weight excluding hydrogens is 662 g/mol. The van der Waals surface area contributed by atoms with E-state index in [1.807, 2.05) is 6.92 Å². The van der Waals surface area contributed by atoms with Crippen LogP contribution in [0.5, 0.6) is 0 Å². The number of ether oxygens (including phenoxy) is 2. The number of hydrogen-bond donors (Lipinski definition) is 4. The average molecular weight is 705 g/mol. The predicted octanol–water partition coefficient (Wildman–Crippen LogP) is 4.93. The summed E-state index contributed by atoms with van der Waals surface area (Å²) >= 11 is 6.01. The maximum atomic E-state index is 16.1.